The second kappa shape index (κ2) is 3.59. The van der Waals surface area contributed by atoms with E-state index in [2.05, 4.69) is 18.2 Å². The van der Waals surface area contributed by atoms with Gasteiger partial charge in [-0.25, -0.2) is 0 Å². The SMILES string of the molecule is N#Cc1cc2sc3ccccc3c2cc1C#N. The summed E-state index contributed by atoms with van der Waals surface area (Å²) >= 11 is 1.65. The lowest BCUT2D eigenvalue weighted by Gasteiger charge is -1.95. The van der Waals surface area contributed by atoms with E-state index in [4.69, 9.17) is 10.5 Å². The molecule has 78 valence electrons. The molecular weight excluding hydrogens is 228 g/mol. The van der Waals surface area contributed by atoms with Crippen LogP contribution < -0.4 is 0 Å². The summed E-state index contributed by atoms with van der Waals surface area (Å²) in [4.78, 5) is 0. The fourth-order valence-electron chi connectivity index (χ4n) is 1.96. The van der Waals surface area contributed by atoms with Crippen molar-refractivity contribution in [3.63, 3.8) is 0 Å². The van der Waals surface area contributed by atoms with E-state index in [0.29, 0.717) is 11.1 Å². The maximum Gasteiger partial charge on any atom is 0.101 e. The van der Waals surface area contributed by atoms with Crippen LogP contribution in [-0.2, 0) is 0 Å². The molecular formula is C14H6N2S. The van der Waals surface area contributed by atoms with Crippen molar-refractivity contribution in [1.82, 2.24) is 0 Å². The van der Waals surface area contributed by atoms with Gasteiger partial charge in [-0.1, -0.05) is 18.2 Å². The first-order valence-electron chi connectivity index (χ1n) is 5.09. The molecule has 2 aromatic carbocycles. The zero-order valence-corrected chi connectivity index (χ0v) is 9.58. The summed E-state index contributed by atoms with van der Waals surface area (Å²) in [6, 6.07) is 15.8. The lowest BCUT2D eigenvalue weighted by molar-refractivity contribution is 1.45. The molecule has 0 unspecified atom stereocenters. The number of rotatable bonds is 0. The Hall–Kier alpha value is -2.36. The van der Waals surface area contributed by atoms with Crippen molar-refractivity contribution in [1.29, 1.82) is 10.5 Å². The Labute approximate surface area is 102 Å². The minimum atomic E-state index is 0.448. The molecule has 0 aliphatic rings. The molecule has 0 radical (unpaired) electrons. The van der Waals surface area contributed by atoms with Crippen LogP contribution in [0.4, 0.5) is 0 Å². The quantitative estimate of drug-likeness (QED) is 0.594. The average Bonchev–Trinajstić information content (AvgIpc) is 2.74. The molecule has 0 saturated heterocycles. The lowest BCUT2D eigenvalue weighted by atomic mass is 10.1. The van der Waals surface area contributed by atoms with Crippen molar-refractivity contribution in [3.8, 4) is 12.1 Å². The van der Waals surface area contributed by atoms with Gasteiger partial charge in [0, 0.05) is 20.2 Å². The Kier molecular flexibility index (Phi) is 2.08. The van der Waals surface area contributed by atoms with Crippen LogP contribution in [0.3, 0.4) is 0 Å². The Balaban J connectivity index is 2.52. The smallest absolute Gasteiger partial charge is 0.101 e. The topological polar surface area (TPSA) is 47.6 Å². The average molecular weight is 234 g/mol. The Bertz CT molecular complexity index is 816. The van der Waals surface area contributed by atoms with Gasteiger partial charge in [0.05, 0.1) is 11.1 Å². The van der Waals surface area contributed by atoms with Gasteiger partial charge in [-0.15, -0.1) is 11.3 Å². The zero-order chi connectivity index (χ0) is 11.8. The standard InChI is InChI=1S/C14H6N2S/c15-7-9-5-12-11-3-1-2-4-13(11)17-14(12)6-10(9)8-16/h1-6H. The third-order valence-corrected chi connectivity index (χ3v) is 3.89. The Morgan fingerprint density at radius 3 is 2.29 bits per heavy atom. The first-order chi connectivity index (χ1) is 8.33. The molecule has 3 rings (SSSR count). The van der Waals surface area contributed by atoms with Crippen LogP contribution in [0.1, 0.15) is 11.1 Å². The molecule has 0 aliphatic heterocycles. The largest absolute Gasteiger partial charge is 0.192 e. The molecule has 0 atom stereocenters. The molecule has 0 aliphatic carbocycles. The third kappa shape index (κ3) is 1.38. The molecule has 0 saturated carbocycles. The van der Waals surface area contributed by atoms with E-state index >= 15 is 0 Å². The minimum Gasteiger partial charge on any atom is -0.192 e. The number of fused-ring (bicyclic) bond motifs is 3. The van der Waals surface area contributed by atoms with Crippen molar-refractivity contribution in [2.24, 2.45) is 0 Å². The van der Waals surface area contributed by atoms with Crippen LogP contribution in [0.5, 0.6) is 0 Å². The number of nitriles is 2. The van der Waals surface area contributed by atoms with Gasteiger partial charge in [0.2, 0.25) is 0 Å². The zero-order valence-electron chi connectivity index (χ0n) is 8.77. The first-order valence-corrected chi connectivity index (χ1v) is 5.90. The lowest BCUT2D eigenvalue weighted by Crippen LogP contribution is -1.82. The predicted octanol–water partition coefficient (Wildman–Crippen LogP) is 3.80. The van der Waals surface area contributed by atoms with Gasteiger partial charge in [-0.05, 0) is 18.2 Å². The van der Waals surface area contributed by atoms with E-state index in [1.165, 1.54) is 4.70 Å². The van der Waals surface area contributed by atoms with E-state index in [0.717, 1.165) is 15.5 Å². The molecule has 3 heteroatoms. The van der Waals surface area contributed by atoms with Crippen LogP contribution in [0, 0.1) is 22.7 Å². The van der Waals surface area contributed by atoms with Gasteiger partial charge >= 0.3 is 0 Å². The van der Waals surface area contributed by atoms with E-state index in [9.17, 15) is 0 Å². The molecule has 0 amide bonds. The molecule has 0 spiro atoms. The maximum atomic E-state index is 9.02. The van der Waals surface area contributed by atoms with E-state index < -0.39 is 0 Å². The monoisotopic (exact) mass is 234 g/mol. The molecule has 3 aromatic rings. The van der Waals surface area contributed by atoms with Crippen LogP contribution in [0.2, 0.25) is 0 Å². The van der Waals surface area contributed by atoms with Crippen molar-refractivity contribution in [3.05, 3.63) is 47.5 Å². The second-order valence-electron chi connectivity index (χ2n) is 3.72. The highest BCUT2D eigenvalue weighted by atomic mass is 32.1. The normalized spacial score (nSPS) is 10.2. The summed E-state index contributed by atoms with van der Waals surface area (Å²) in [6.07, 6.45) is 0. The summed E-state index contributed by atoms with van der Waals surface area (Å²) in [7, 11) is 0. The predicted molar refractivity (Wildman–Crippen MR) is 68.8 cm³/mol. The van der Waals surface area contributed by atoms with Crippen LogP contribution in [0.15, 0.2) is 36.4 Å². The molecule has 2 nitrogen and oxygen atoms in total. The summed E-state index contributed by atoms with van der Waals surface area (Å²) in [5, 5.41) is 20.2. The van der Waals surface area contributed by atoms with Gasteiger partial charge in [-0.3, -0.25) is 0 Å². The molecule has 0 N–H and O–H groups in total. The molecule has 17 heavy (non-hydrogen) atoms. The van der Waals surface area contributed by atoms with Gasteiger partial charge in [-0.2, -0.15) is 10.5 Å². The second-order valence-corrected chi connectivity index (χ2v) is 4.80. The molecule has 1 heterocycles. The number of benzene rings is 2. The molecule has 0 fully saturated rings. The minimum absolute atomic E-state index is 0.448. The number of nitrogens with zero attached hydrogens (tertiary/aromatic N) is 2. The number of hydrogen-bond acceptors (Lipinski definition) is 3. The fourth-order valence-corrected chi connectivity index (χ4v) is 3.08. The van der Waals surface area contributed by atoms with Crippen LogP contribution in [-0.4, -0.2) is 0 Å². The highest BCUT2D eigenvalue weighted by Gasteiger charge is 2.09. The van der Waals surface area contributed by atoms with E-state index in [1.54, 1.807) is 17.4 Å². The van der Waals surface area contributed by atoms with Gasteiger partial charge in [0.25, 0.3) is 0 Å². The summed E-state index contributed by atoms with van der Waals surface area (Å²) in [6.45, 7) is 0. The van der Waals surface area contributed by atoms with E-state index in [1.807, 2.05) is 24.3 Å². The van der Waals surface area contributed by atoms with Crippen LogP contribution >= 0.6 is 11.3 Å². The van der Waals surface area contributed by atoms with Crippen molar-refractivity contribution < 1.29 is 0 Å². The van der Waals surface area contributed by atoms with Gasteiger partial charge in [0.1, 0.15) is 12.1 Å². The van der Waals surface area contributed by atoms with Gasteiger partial charge < -0.3 is 0 Å². The highest BCUT2D eigenvalue weighted by Crippen LogP contribution is 2.35. The summed E-state index contributed by atoms with van der Waals surface area (Å²) in [5.74, 6) is 0. The Morgan fingerprint density at radius 2 is 1.53 bits per heavy atom. The van der Waals surface area contributed by atoms with Gasteiger partial charge in [0.15, 0.2) is 0 Å². The Morgan fingerprint density at radius 1 is 0.824 bits per heavy atom. The van der Waals surface area contributed by atoms with Crippen molar-refractivity contribution in [2.45, 2.75) is 0 Å². The molecule has 0 bridgehead atoms. The first kappa shape index (κ1) is 9.84. The fraction of sp³-hybridized carbons (Fsp3) is 0. The number of thiophene rings is 1. The summed E-state index contributed by atoms with van der Waals surface area (Å²) in [5.41, 5.74) is 0.898. The van der Waals surface area contributed by atoms with E-state index in [-0.39, 0.29) is 0 Å². The molecule has 1 aromatic heterocycles. The number of hydrogen-bond donors (Lipinski definition) is 0. The van der Waals surface area contributed by atoms with Crippen molar-refractivity contribution >= 4 is 31.5 Å². The van der Waals surface area contributed by atoms with Crippen LogP contribution in [0.25, 0.3) is 20.2 Å². The highest BCUT2D eigenvalue weighted by molar-refractivity contribution is 7.25. The third-order valence-electron chi connectivity index (χ3n) is 2.76. The summed E-state index contributed by atoms with van der Waals surface area (Å²) < 4.78 is 2.24. The maximum absolute atomic E-state index is 9.02. The van der Waals surface area contributed by atoms with Crippen molar-refractivity contribution in [2.75, 3.05) is 0 Å².